The third kappa shape index (κ3) is 18.4. The van der Waals surface area contributed by atoms with E-state index in [9.17, 15) is 0 Å². The zero-order chi connectivity index (χ0) is 40.6. The van der Waals surface area contributed by atoms with Gasteiger partial charge in [-0.25, -0.2) is 0 Å². The predicted octanol–water partition coefficient (Wildman–Crippen LogP) is 18.8. The molecule has 0 saturated heterocycles. The Labute approximate surface area is 349 Å². The SMILES string of the molecule is CC1CCC(C)CC1.CC1CCC(CC2CCC(C)CC2)CC1.CCC1(C)CC(C)CC(C)(C)C1.CCC1CC2CC1CC2C.CCC1CCC(CC)CC1. The van der Waals surface area contributed by atoms with Gasteiger partial charge in [0.25, 0.3) is 0 Å². The minimum Gasteiger partial charge on any atom is -0.0651 e. The fraction of sp³-hybridized carbons (Fsp3) is 1.00. The van der Waals surface area contributed by atoms with Gasteiger partial charge in [0.2, 0.25) is 0 Å². The van der Waals surface area contributed by atoms with E-state index in [0.29, 0.717) is 10.8 Å². The van der Waals surface area contributed by atoms with Crippen LogP contribution in [-0.2, 0) is 0 Å². The topological polar surface area (TPSA) is 0 Å². The molecule has 7 aliphatic carbocycles. The summed E-state index contributed by atoms with van der Waals surface area (Å²) in [5, 5.41) is 0. The van der Waals surface area contributed by atoms with Crippen LogP contribution in [0.4, 0.5) is 0 Å². The summed E-state index contributed by atoms with van der Waals surface area (Å²) in [5.41, 5.74) is 1.21. The van der Waals surface area contributed by atoms with Crippen LogP contribution in [0.1, 0.15) is 263 Å². The largest absolute Gasteiger partial charge is 0.0651 e. The van der Waals surface area contributed by atoms with Crippen molar-refractivity contribution < 1.29 is 0 Å². The normalized spacial score (nSPS) is 42.2. The molecule has 55 heavy (non-hydrogen) atoms. The molecule has 0 aliphatic heterocycles. The Bertz CT molecular complexity index is 901. The molecular weight excluding hydrogens is 661 g/mol. The first-order valence-electron chi connectivity index (χ1n) is 26.1. The van der Waals surface area contributed by atoms with Gasteiger partial charge in [-0.1, -0.05) is 218 Å². The fourth-order valence-corrected chi connectivity index (χ4v) is 13.7. The van der Waals surface area contributed by atoms with Gasteiger partial charge < -0.3 is 0 Å². The maximum absolute atomic E-state index is 2.46. The molecule has 0 N–H and O–H groups in total. The standard InChI is InChI=1S/C15H28.C12H24.C10H18.C10H20.C8H16/c1-12-3-7-14(8-4-12)11-15-9-5-13(2)6-10-15;1-6-12(5)8-10(2)7-11(3,4)9-12;1-3-8-5-9-6-10(8)4-7(9)2;1-3-9-5-7-10(4-2)8-6-9;1-7-3-5-8(2)6-4-7/h12-15H,3-11H2,1-2H3;10H,6-9H2,1-5H3;7-10H,3-6H2,1-2H3;9-10H,3-8H2,1-2H3;7-8H,3-6H2,1-2H3. The summed E-state index contributed by atoms with van der Waals surface area (Å²) >= 11 is 0. The number of hydrogen-bond acceptors (Lipinski definition) is 0. The van der Waals surface area contributed by atoms with Gasteiger partial charge in [0.1, 0.15) is 0 Å². The van der Waals surface area contributed by atoms with E-state index in [1.165, 1.54) is 148 Å². The minimum atomic E-state index is 0.586. The maximum Gasteiger partial charge on any atom is -0.0321 e. The van der Waals surface area contributed by atoms with Crippen LogP contribution in [0.25, 0.3) is 0 Å². The van der Waals surface area contributed by atoms with Gasteiger partial charge in [-0.15, -0.1) is 0 Å². The Balaban J connectivity index is 0.000000188. The van der Waals surface area contributed by atoms with E-state index >= 15 is 0 Å². The molecule has 0 heterocycles. The van der Waals surface area contributed by atoms with Crippen LogP contribution >= 0.6 is 0 Å². The van der Waals surface area contributed by atoms with Gasteiger partial charge >= 0.3 is 0 Å². The van der Waals surface area contributed by atoms with Gasteiger partial charge in [-0.2, -0.15) is 0 Å². The van der Waals surface area contributed by atoms with E-state index in [4.69, 9.17) is 0 Å². The van der Waals surface area contributed by atoms with Crippen molar-refractivity contribution in [3.63, 3.8) is 0 Å². The summed E-state index contributed by atoms with van der Waals surface area (Å²) in [6, 6.07) is 0. The van der Waals surface area contributed by atoms with Crippen LogP contribution < -0.4 is 0 Å². The van der Waals surface area contributed by atoms with Crippen molar-refractivity contribution in [1.29, 1.82) is 0 Å². The van der Waals surface area contributed by atoms with Crippen molar-refractivity contribution in [2.45, 2.75) is 263 Å². The molecule has 0 aromatic carbocycles. The van der Waals surface area contributed by atoms with Crippen LogP contribution in [0.5, 0.6) is 0 Å². The average Bonchev–Trinajstić information content (AvgIpc) is 3.74. The fourth-order valence-electron chi connectivity index (χ4n) is 13.7. The number of fused-ring (bicyclic) bond motifs is 2. The monoisotopic (exact) mass is 767 g/mol. The molecule has 326 valence electrons. The van der Waals surface area contributed by atoms with Crippen LogP contribution in [0.3, 0.4) is 0 Å². The van der Waals surface area contributed by atoms with Gasteiger partial charge in [0, 0.05) is 0 Å². The van der Waals surface area contributed by atoms with Gasteiger partial charge in [0.15, 0.2) is 0 Å². The second kappa shape index (κ2) is 24.9. The highest BCUT2D eigenvalue weighted by Gasteiger charge is 2.42. The lowest BCUT2D eigenvalue weighted by atomic mass is 9.60. The maximum atomic E-state index is 2.46. The van der Waals surface area contributed by atoms with E-state index < -0.39 is 0 Å². The van der Waals surface area contributed by atoms with Crippen LogP contribution in [0.2, 0.25) is 0 Å². The van der Waals surface area contributed by atoms with Gasteiger partial charge in [0.05, 0.1) is 0 Å². The minimum absolute atomic E-state index is 0.586. The van der Waals surface area contributed by atoms with Crippen molar-refractivity contribution >= 4 is 0 Å². The number of hydrogen-bond donors (Lipinski definition) is 0. The Kier molecular flexibility index (Phi) is 22.4. The lowest BCUT2D eigenvalue weighted by Crippen LogP contribution is -2.34. The van der Waals surface area contributed by atoms with Crippen LogP contribution in [0.15, 0.2) is 0 Å². The first-order valence-corrected chi connectivity index (χ1v) is 26.1. The predicted molar refractivity (Wildman–Crippen MR) is 249 cm³/mol. The molecule has 0 spiro atoms. The van der Waals surface area contributed by atoms with Crippen LogP contribution in [-0.4, -0.2) is 0 Å². The molecule has 7 aliphatic rings. The smallest absolute Gasteiger partial charge is 0.0321 e. The molecule has 0 amide bonds. The quantitative estimate of drug-likeness (QED) is 0.253. The molecular formula is C55H106. The summed E-state index contributed by atoms with van der Waals surface area (Å²) in [6.45, 7) is 31.1. The molecule has 7 fully saturated rings. The molecule has 6 atom stereocenters. The molecule has 0 heteroatoms. The van der Waals surface area contributed by atoms with E-state index in [-0.39, 0.29) is 0 Å². The second-order valence-corrected chi connectivity index (χ2v) is 23.9. The van der Waals surface area contributed by atoms with Crippen LogP contribution in [0, 0.1) is 87.8 Å². The van der Waals surface area contributed by atoms with Crippen molar-refractivity contribution in [2.75, 3.05) is 0 Å². The van der Waals surface area contributed by atoms with E-state index in [1.807, 2.05) is 0 Å². The van der Waals surface area contributed by atoms with E-state index in [0.717, 1.165) is 76.9 Å². The Morgan fingerprint density at radius 3 is 1.11 bits per heavy atom. The molecule has 0 aromatic heterocycles. The van der Waals surface area contributed by atoms with Crippen molar-refractivity contribution in [2.24, 2.45) is 87.8 Å². The lowest BCUT2D eigenvalue weighted by Gasteiger charge is -2.45. The highest BCUT2D eigenvalue weighted by atomic mass is 14.5. The average molecular weight is 767 g/mol. The second-order valence-electron chi connectivity index (χ2n) is 23.9. The zero-order valence-electron chi connectivity index (χ0n) is 40.6. The first kappa shape index (κ1) is 49.4. The Morgan fingerprint density at radius 1 is 0.400 bits per heavy atom. The first-order chi connectivity index (χ1) is 26.1. The Morgan fingerprint density at radius 2 is 0.800 bits per heavy atom. The Hall–Kier alpha value is 0. The summed E-state index contributed by atoms with van der Waals surface area (Å²) < 4.78 is 0. The summed E-state index contributed by atoms with van der Waals surface area (Å²) in [4.78, 5) is 0. The molecule has 0 radical (unpaired) electrons. The zero-order valence-corrected chi connectivity index (χ0v) is 40.6. The lowest BCUT2D eigenvalue weighted by molar-refractivity contribution is 0.0582. The van der Waals surface area contributed by atoms with Crippen molar-refractivity contribution in [3.05, 3.63) is 0 Å². The molecule has 0 nitrogen and oxygen atoms in total. The van der Waals surface area contributed by atoms with Crippen molar-refractivity contribution in [1.82, 2.24) is 0 Å². The number of rotatable bonds is 6. The van der Waals surface area contributed by atoms with Gasteiger partial charge in [-0.05, 0) is 133 Å². The van der Waals surface area contributed by atoms with Gasteiger partial charge in [-0.3, -0.25) is 0 Å². The van der Waals surface area contributed by atoms with E-state index in [2.05, 4.69) is 90.0 Å². The molecule has 6 unspecified atom stereocenters. The molecule has 0 aromatic rings. The molecule has 7 saturated carbocycles. The van der Waals surface area contributed by atoms with E-state index in [1.54, 1.807) is 25.7 Å². The van der Waals surface area contributed by atoms with Crippen molar-refractivity contribution in [3.8, 4) is 0 Å². The highest BCUT2D eigenvalue weighted by Crippen LogP contribution is 2.52. The third-order valence-corrected chi connectivity index (χ3v) is 17.7. The molecule has 7 rings (SSSR count). The summed E-state index contributed by atoms with van der Waals surface area (Å²) in [6.07, 6.45) is 40.2. The summed E-state index contributed by atoms with van der Waals surface area (Å²) in [5.74, 6) is 13.8. The highest BCUT2D eigenvalue weighted by molar-refractivity contribution is 4.93. The third-order valence-electron chi connectivity index (χ3n) is 17.7. The molecule has 2 bridgehead atoms. The summed E-state index contributed by atoms with van der Waals surface area (Å²) in [7, 11) is 0.